The smallest absolute Gasteiger partial charge is 0.191 e. The van der Waals surface area contributed by atoms with Crippen molar-refractivity contribution >= 4 is 11.8 Å². The third-order valence-electron chi connectivity index (χ3n) is 4.78. The Balaban J connectivity index is 1.76. The molecule has 0 spiro atoms. The van der Waals surface area contributed by atoms with Gasteiger partial charge in [-0.05, 0) is 37.9 Å². The summed E-state index contributed by atoms with van der Waals surface area (Å²) in [4.78, 5) is 14.0. The van der Waals surface area contributed by atoms with Gasteiger partial charge in [0, 0.05) is 52.1 Å². The Bertz CT molecular complexity index is 567. The van der Waals surface area contributed by atoms with Crippen LogP contribution in [0, 0.1) is 5.92 Å². The molecule has 2 rings (SSSR count). The maximum Gasteiger partial charge on any atom is 0.191 e. The zero-order chi connectivity index (χ0) is 20.2. The second-order valence-electron chi connectivity index (χ2n) is 7.73. The van der Waals surface area contributed by atoms with E-state index in [1.807, 2.05) is 6.20 Å². The molecular formula is C21H38N6O. The number of nitrogens with one attached hydrogen (secondary N) is 2. The fraction of sp³-hybridized carbons (Fsp3) is 0.714. The van der Waals surface area contributed by atoms with Crippen LogP contribution >= 0.6 is 0 Å². The number of rotatable bonds is 10. The molecule has 0 saturated carbocycles. The van der Waals surface area contributed by atoms with E-state index in [0.717, 1.165) is 69.6 Å². The highest BCUT2D eigenvalue weighted by molar-refractivity contribution is 5.79. The van der Waals surface area contributed by atoms with Gasteiger partial charge in [-0.2, -0.15) is 0 Å². The maximum absolute atomic E-state index is 5.65. The fourth-order valence-corrected chi connectivity index (χ4v) is 2.91. The normalized spacial score (nSPS) is 15.9. The van der Waals surface area contributed by atoms with E-state index in [1.54, 1.807) is 0 Å². The van der Waals surface area contributed by atoms with Crippen LogP contribution in [0.3, 0.4) is 0 Å². The van der Waals surface area contributed by atoms with Crippen LogP contribution in [0.4, 0.5) is 5.82 Å². The van der Waals surface area contributed by atoms with Crippen molar-refractivity contribution in [2.45, 2.75) is 33.7 Å². The summed E-state index contributed by atoms with van der Waals surface area (Å²) in [5.74, 6) is 2.56. The van der Waals surface area contributed by atoms with Gasteiger partial charge >= 0.3 is 0 Å². The van der Waals surface area contributed by atoms with Gasteiger partial charge in [-0.15, -0.1) is 0 Å². The quantitative estimate of drug-likeness (QED) is 0.362. The SMILES string of the molecule is CCNC(=NCc1ccc(N2CCN(C)CC2)nc1)NCCOCCC(C)C. The first kappa shape index (κ1) is 22.4. The van der Waals surface area contributed by atoms with Gasteiger partial charge in [0.05, 0.1) is 13.2 Å². The van der Waals surface area contributed by atoms with Gasteiger partial charge in [0.25, 0.3) is 0 Å². The number of likely N-dealkylation sites (N-methyl/N-ethyl adjacent to an activating group) is 1. The number of hydrogen-bond donors (Lipinski definition) is 2. The molecule has 28 heavy (non-hydrogen) atoms. The summed E-state index contributed by atoms with van der Waals surface area (Å²) in [6.07, 6.45) is 3.04. The van der Waals surface area contributed by atoms with Gasteiger partial charge in [0.2, 0.25) is 0 Å². The van der Waals surface area contributed by atoms with E-state index in [4.69, 9.17) is 4.74 Å². The van der Waals surface area contributed by atoms with Crippen molar-refractivity contribution in [1.82, 2.24) is 20.5 Å². The average Bonchev–Trinajstić information content (AvgIpc) is 2.69. The van der Waals surface area contributed by atoms with Crippen LogP contribution in [-0.2, 0) is 11.3 Å². The van der Waals surface area contributed by atoms with Gasteiger partial charge < -0.3 is 25.2 Å². The van der Waals surface area contributed by atoms with Crippen molar-refractivity contribution < 1.29 is 4.74 Å². The fourth-order valence-electron chi connectivity index (χ4n) is 2.91. The maximum atomic E-state index is 5.65. The number of guanidine groups is 1. The summed E-state index contributed by atoms with van der Waals surface area (Å²) in [5, 5.41) is 6.61. The number of ether oxygens (including phenoxy) is 1. The van der Waals surface area contributed by atoms with Gasteiger partial charge in [0.1, 0.15) is 5.82 Å². The summed E-state index contributed by atoms with van der Waals surface area (Å²) < 4.78 is 5.65. The number of aromatic nitrogens is 1. The lowest BCUT2D eigenvalue weighted by molar-refractivity contribution is 0.128. The van der Waals surface area contributed by atoms with Crippen molar-refractivity contribution in [3.05, 3.63) is 23.9 Å². The summed E-state index contributed by atoms with van der Waals surface area (Å²) in [5.41, 5.74) is 1.11. The lowest BCUT2D eigenvalue weighted by Gasteiger charge is -2.33. The molecule has 1 aromatic rings. The number of hydrogen-bond acceptors (Lipinski definition) is 5. The number of piperazine rings is 1. The van der Waals surface area contributed by atoms with E-state index in [9.17, 15) is 0 Å². The molecule has 0 unspecified atom stereocenters. The largest absolute Gasteiger partial charge is 0.380 e. The molecule has 0 radical (unpaired) electrons. The molecule has 158 valence electrons. The number of aliphatic imine (C=N–C) groups is 1. The minimum absolute atomic E-state index is 0.611. The van der Waals surface area contributed by atoms with Crippen molar-refractivity contribution in [2.24, 2.45) is 10.9 Å². The number of anilines is 1. The van der Waals surface area contributed by atoms with Crippen molar-refractivity contribution in [1.29, 1.82) is 0 Å². The predicted molar refractivity (Wildman–Crippen MR) is 117 cm³/mol. The molecule has 7 nitrogen and oxygen atoms in total. The Kier molecular flexibility index (Phi) is 10.1. The molecule has 1 aliphatic rings. The molecule has 0 amide bonds. The Labute approximate surface area is 170 Å². The number of pyridine rings is 1. The minimum Gasteiger partial charge on any atom is -0.380 e. The Hall–Kier alpha value is -1.86. The Morgan fingerprint density at radius 1 is 1.18 bits per heavy atom. The van der Waals surface area contributed by atoms with Crippen molar-refractivity contribution in [2.75, 3.05) is 64.4 Å². The van der Waals surface area contributed by atoms with Gasteiger partial charge in [0.15, 0.2) is 5.96 Å². The molecule has 0 bridgehead atoms. The molecule has 2 N–H and O–H groups in total. The second kappa shape index (κ2) is 12.6. The summed E-state index contributed by atoms with van der Waals surface area (Å²) >= 11 is 0. The average molecular weight is 391 g/mol. The first-order valence-corrected chi connectivity index (χ1v) is 10.6. The van der Waals surface area contributed by atoms with E-state index >= 15 is 0 Å². The van der Waals surface area contributed by atoms with E-state index in [0.29, 0.717) is 19.1 Å². The first-order chi connectivity index (χ1) is 13.6. The second-order valence-corrected chi connectivity index (χ2v) is 7.73. The number of nitrogens with zero attached hydrogens (tertiary/aromatic N) is 4. The van der Waals surface area contributed by atoms with Gasteiger partial charge in [-0.3, -0.25) is 0 Å². The third-order valence-corrected chi connectivity index (χ3v) is 4.78. The van der Waals surface area contributed by atoms with Crippen LogP contribution in [0.2, 0.25) is 0 Å². The molecule has 1 aliphatic heterocycles. The first-order valence-electron chi connectivity index (χ1n) is 10.6. The molecule has 1 saturated heterocycles. The van der Waals surface area contributed by atoms with Gasteiger partial charge in [-0.1, -0.05) is 19.9 Å². The van der Waals surface area contributed by atoms with Gasteiger partial charge in [-0.25, -0.2) is 9.98 Å². The standard InChI is InChI=1S/C21H38N6O/c1-5-22-21(23-9-15-28-14-8-18(2)3)25-17-19-6-7-20(24-16-19)27-12-10-26(4)11-13-27/h6-7,16,18H,5,8-15,17H2,1-4H3,(H2,22,23,25). The Morgan fingerprint density at radius 2 is 1.96 bits per heavy atom. The molecule has 7 heteroatoms. The van der Waals surface area contributed by atoms with Crippen LogP contribution in [0.15, 0.2) is 23.3 Å². The minimum atomic E-state index is 0.611. The molecule has 0 aromatic carbocycles. The van der Waals surface area contributed by atoms with E-state index in [-0.39, 0.29) is 0 Å². The van der Waals surface area contributed by atoms with Crippen LogP contribution < -0.4 is 15.5 Å². The monoisotopic (exact) mass is 390 g/mol. The molecule has 2 heterocycles. The third kappa shape index (κ3) is 8.44. The van der Waals surface area contributed by atoms with Crippen LogP contribution in [-0.4, -0.2) is 75.4 Å². The zero-order valence-electron chi connectivity index (χ0n) is 18.1. The summed E-state index contributed by atoms with van der Waals surface area (Å²) in [6, 6.07) is 4.24. The van der Waals surface area contributed by atoms with E-state index in [2.05, 4.69) is 70.4 Å². The molecule has 0 atom stereocenters. The highest BCUT2D eigenvalue weighted by Gasteiger charge is 2.14. The lowest BCUT2D eigenvalue weighted by Crippen LogP contribution is -2.44. The zero-order valence-corrected chi connectivity index (χ0v) is 18.1. The molecule has 0 aliphatic carbocycles. The highest BCUT2D eigenvalue weighted by Crippen LogP contribution is 2.14. The van der Waals surface area contributed by atoms with Crippen LogP contribution in [0.5, 0.6) is 0 Å². The van der Waals surface area contributed by atoms with Crippen LogP contribution in [0.25, 0.3) is 0 Å². The molecule has 1 fully saturated rings. The lowest BCUT2D eigenvalue weighted by atomic mass is 10.1. The topological polar surface area (TPSA) is 65.0 Å². The molecular weight excluding hydrogens is 352 g/mol. The Morgan fingerprint density at radius 3 is 2.61 bits per heavy atom. The summed E-state index contributed by atoms with van der Waals surface area (Å²) in [6.45, 7) is 14.5. The summed E-state index contributed by atoms with van der Waals surface area (Å²) in [7, 11) is 2.17. The van der Waals surface area contributed by atoms with E-state index < -0.39 is 0 Å². The van der Waals surface area contributed by atoms with E-state index in [1.165, 1.54) is 0 Å². The van der Waals surface area contributed by atoms with Crippen LogP contribution in [0.1, 0.15) is 32.8 Å². The highest BCUT2D eigenvalue weighted by atomic mass is 16.5. The van der Waals surface area contributed by atoms with Crippen molar-refractivity contribution in [3.63, 3.8) is 0 Å². The van der Waals surface area contributed by atoms with Crippen molar-refractivity contribution in [3.8, 4) is 0 Å². The molecule has 1 aromatic heterocycles. The predicted octanol–water partition coefficient (Wildman–Crippen LogP) is 1.95.